The normalized spacial score (nSPS) is 11.6. The van der Waals surface area contributed by atoms with Gasteiger partial charge in [-0.2, -0.15) is 0 Å². The zero-order valence-corrected chi connectivity index (χ0v) is 12.6. The summed E-state index contributed by atoms with van der Waals surface area (Å²) >= 11 is 0. The first-order chi connectivity index (χ1) is 10.9. The minimum absolute atomic E-state index is 0.290. The van der Waals surface area contributed by atoms with Crippen LogP contribution < -0.4 is 10.1 Å². The van der Waals surface area contributed by atoms with Gasteiger partial charge in [0.2, 0.25) is 5.75 Å². The van der Waals surface area contributed by atoms with E-state index in [4.69, 9.17) is 4.74 Å². The Morgan fingerprint density at radius 3 is 2.70 bits per heavy atom. The van der Waals surface area contributed by atoms with Gasteiger partial charge in [0, 0.05) is 17.8 Å². The fourth-order valence-corrected chi connectivity index (χ4v) is 1.94. The molecule has 1 N–H and O–H groups in total. The van der Waals surface area contributed by atoms with Crippen molar-refractivity contribution in [3.63, 3.8) is 0 Å². The fraction of sp³-hybridized carbons (Fsp3) is 0.188. The van der Waals surface area contributed by atoms with Crippen LogP contribution in [-0.4, -0.2) is 16.9 Å². The molecule has 1 atom stereocenters. The number of nitro groups is 1. The quantitative estimate of drug-likeness (QED) is 0.676. The number of anilines is 1. The SMILES string of the molecule is Cc1cccc(NC(=O)[C@@H](C)Oc2cc(F)ccc2[N+](=O)[O-])c1. The largest absolute Gasteiger partial charge is 0.474 e. The van der Waals surface area contributed by atoms with Crippen LogP contribution >= 0.6 is 0 Å². The number of carbonyl (C=O) groups excluding carboxylic acids is 1. The summed E-state index contributed by atoms with van der Waals surface area (Å²) < 4.78 is 18.5. The van der Waals surface area contributed by atoms with Gasteiger partial charge in [-0.1, -0.05) is 12.1 Å². The van der Waals surface area contributed by atoms with Crippen molar-refractivity contribution in [3.8, 4) is 5.75 Å². The summed E-state index contributed by atoms with van der Waals surface area (Å²) in [4.78, 5) is 22.3. The minimum Gasteiger partial charge on any atom is -0.474 e. The molecule has 0 bridgehead atoms. The van der Waals surface area contributed by atoms with E-state index in [9.17, 15) is 19.3 Å². The number of ether oxygens (including phenoxy) is 1. The van der Waals surface area contributed by atoms with Crippen molar-refractivity contribution in [2.45, 2.75) is 20.0 Å². The summed E-state index contributed by atoms with van der Waals surface area (Å²) in [6.07, 6.45) is -1.03. The lowest BCUT2D eigenvalue weighted by Gasteiger charge is -2.15. The van der Waals surface area contributed by atoms with Gasteiger partial charge in [0.15, 0.2) is 6.10 Å². The number of rotatable bonds is 5. The van der Waals surface area contributed by atoms with Crippen molar-refractivity contribution in [1.82, 2.24) is 0 Å². The number of carbonyl (C=O) groups is 1. The van der Waals surface area contributed by atoms with Crippen LogP contribution in [0, 0.1) is 22.9 Å². The molecule has 0 saturated heterocycles. The van der Waals surface area contributed by atoms with Gasteiger partial charge in [0.05, 0.1) is 4.92 Å². The molecule has 2 rings (SSSR count). The number of hydrogen-bond donors (Lipinski definition) is 1. The van der Waals surface area contributed by atoms with Crippen LogP contribution in [0.5, 0.6) is 5.75 Å². The van der Waals surface area contributed by atoms with E-state index in [0.717, 1.165) is 23.8 Å². The van der Waals surface area contributed by atoms with Crippen LogP contribution in [0.4, 0.5) is 15.8 Å². The summed E-state index contributed by atoms with van der Waals surface area (Å²) in [5.41, 5.74) is 1.15. The van der Waals surface area contributed by atoms with Crippen molar-refractivity contribution < 1.29 is 18.8 Å². The van der Waals surface area contributed by atoms with Crippen molar-refractivity contribution in [2.24, 2.45) is 0 Å². The maximum absolute atomic E-state index is 13.3. The Bertz CT molecular complexity index is 749. The first-order valence-corrected chi connectivity index (χ1v) is 6.85. The van der Waals surface area contributed by atoms with Crippen LogP contribution in [0.2, 0.25) is 0 Å². The van der Waals surface area contributed by atoms with Gasteiger partial charge in [0.1, 0.15) is 5.82 Å². The Balaban J connectivity index is 2.12. The molecule has 0 aliphatic heterocycles. The van der Waals surface area contributed by atoms with Gasteiger partial charge in [-0.15, -0.1) is 0 Å². The lowest BCUT2D eigenvalue weighted by Crippen LogP contribution is -2.30. The van der Waals surface area contributed by atoms with Gasteiger partial charge in [-0.05, 0) is 37.6 Å². The van der Waals surface area contributed by atoms with Gasteiger partial charge in [-0.25, -0.2) is 4.39 Å². The van der Waals surface area contributed by atoms with E-state index in [-0.39, 0.29) is 5.75 Å². The van der Waals surface area contributed by atoms with Crippen molar-refractivity contribution in [3.05, 3.63) is 64.0 Å². The minimum atomic E-state index is -1.03. The Hall–Kier alpha value is -2.96. The maximum Gasteiger partial charge on any atom is 0.311 e. The zero-order valence-electron chi connectivity index (χ0n) is 12.6. The second kappa shape index (κ2) is 6.87. The molecule has 0 heterocycles. The molecule has 0 radical (unpaired) electrons. The Morgan fingerprint density at radius 2 is 2.04 bits per heavy atom. The van der Waals surface area contributed by atoms with E-state index in [1.165, 1.54) is 6.92 Å². The Kier molecular flexibility index (Phi) is 4.90. The first-order valence-electron chi connectivity index (χ1n) is 6.85. The molecule has 0 unspecified atom stereocenters. The zero-order chi connectivity index (χ0) is 17.0. The Morgan fingerprint density at radius 1 is 1.30 bits per heavy atom. The van der Waals surface area contributed by atoms with Crippen LogP contribution in [0.25, 0.3) is 0 Å². The lowest BCUT2D eigenvalue weighted by atomic mass is 10.2. The third kappa shape index (κ3) is 4.26. The lowest BCUT2D eigenvalue weighted by molar-refractivity contribution is -0.386. The predicted molar refractivity (Wildman–Crippen MR) is 83.0 cm³/mol. The van der Waals surface area contributed by atoms with Crippen LogP contribution in [0.1, 0.15) is 12.5 Å². The second-order valence-corrected chi connectivity index (χ2v) is 4.99. The van der Waals surface area contributed by atoms with E-state index in [2.05, 4.69) is 5.32 Å². The van der Waals surface area contributed by atoms with Crippen molar-refractivity contribution >= 4 is 17.3 Å². The van der Waals surface area contributed by atoms with Gasteiger partial charge in [-0.3, -0.25) is 14.9 Å². The van der Waals surface area contributed by atoms with E-state index in [1.807, 2.05) is 13.0 Å². The number of amides is 1. The summed E-state index contributed by atoms with van der Waals surface area (Å²) in [7, 11) is 0. The number of aryl methyl sites for hydroxylation is 1. The molecule has 0 aliphatic carbocycles. The molecule has 0 saturated carbocycles. The highest BCUT2D eigenvalue weighted by molar-refractivity contribution is 5.94. The number of halogens is 1. The average Bonchev–Trinajstić information content (AvgIpc) is 2.46. The van der Waals surface area contributed by atoms with E-state index >= 15 is 0 Å². The second-order valence-electron chi connectivity index (χ2n) is 4.99. The molecular weight excluding hydrogens is 303 g/mol. The van der Waals surface area contributed by atoms with Crippen LogP contribution in [0.3, 0.4) is 0 Å². The highest BCUT2D eigenvalue weighted by Crippen LogP contribution is 2.28. The topological polar surface area (TPSA) is 81.5 Å². The molecule has 0 spiro atoms. The number of hydrogen-bond acceptors (Lipinski definition) is 4. The first kappa shape index (κ1) is 16.4. The molecule has 7 heteroatoms. The van der Waals surface area contributed by atoms with Crippen molar-refractivity contribution in [1.29, 1.82) is 0 Å². The summed E-state index contributed by atoms with van der Waals surface area (Å²) in [5, 5.41) is 13.6. The third-order valence-corrected chi connectivity index (χ3v) is 3.08. The van der Waals surface area contributed by atoms with E-state index in [0.29, 0.717) is 5.69 Å². The van der Waals surface area contributed by atoms with Crippen LogP contribution in [-0.2, 0) is 4.79 Å². The Labute approximate surface area is 132 Å². The maximum atomic E-state index is 13.3. The van der Waals surface area contributed by atoms with Gasteiger partial charge in [0.25, 0.3) is 5.91 Å². The summed E-state index contributed by atoms with van der Waals surface area (Å²) in [6, 6.07) is 9.99. The molecule has 120 valence electrons. The number of nitrogens with one attached hydrogen (secondary N) is 1. The third-order valence-electron chi connectivity index (χ3n) is 3.08. The van der Waals surface area contributed by atoms with Crippen molar-refractivity contribution in [2.75, 3.05) is 5.32 Å². The molecule has 2 aromatic carbocycles. The highest BCUT2D eigenvalue weighted by Gasteiger charge is 2.22. The molecule has 1 amide bonds. The molecule has 0 fully saturated rings. The molecular formula is C16H15FN2O4. The smallest absolute Gasteiger partial charge is 0.311 e. The average molecular weight is 318 g/mol. The molecule has 6 nitrogen and oxygen atoms in total. The highest BCUT2D eigenvalue weighted by atomic mass is 19.1. The van der Waals surface area contributed by atoms with E-state index < -0.39 is 28.4 Å². The molecule has 2 aromatic rings. The van der Waals surface area contributed by atoms with Gasteiger partial charge >= 0.3 is 5.69 Å². The number of nitrogens with zero attached hydrogens (tertiary/aromatic N) is 1. The standard InChI is InChI=1S/C16H15FN2O4/c1-10-4-3-5-13(8-10)18-16(20)11(2)23-15-9-12(17)6-7-14(15)19(21)22/h3-9,11H,1-2H3,(H,18,20)/t11-/m1/s1. The van der Waals surface area contributed by atoms with E-state index in [1.54, 1.807) is 18.2 Å². The van der Waals surface area contributed by atoms with Gasteiger partial charge < -0.3 is 10.1 Å². The summed E-state index contributed by atoms with van der Waals surface area (Å²) in [6.45, 7) is 3.31. The fourth-order valence-electron chi connectivity index (χ4n) is 1.94. The molecule has 0 aromatic heterocycles. The number of nitro benzene ring substituents is 1. The molecule has 0 aliphatic rings. The molecule has 23 heavy (non-hydrogen) atoms. The predicted octanol–water partition coefficient (Wildman–Crippen LogP) is 3.45. The number of benzene rings is 2. The van der Waals surface area contributed by atoms with Crippen LogP contribution in [0.15, 0.2) is 42.5 Å². The monoisotopic (exact) mass is 318 g/mol. The summed E-state index contributed by atoms with van der Waals surface area (Å²) in [5.74, 6) is -1.46.